The number of thiocarbonyl (C=S) groups is 1. The number of likely N-dealkylation sites (N-methyl/N-ethyl adjacent to an activating group) is 1. The lowest BCUT2D eigenvalue weighted by Crippen LogP contribution is -2.45. The molecule has 1 atom stereocenters. The monoisotopic (exact) mass is 300 g/mol. The van der Waals surface area contributed by atoms with E-state index in [0.717, 1.165) is 11.3 Å². The minimum atomic E-state index is -0.904. The second-order valence-electron chi connectivity index (χ2n) is 4.19. The Morgan fingerprint density at radius 1 is 1.58 bits per heavy atom. The molecule has 0 heterocycles. The first-order valence-corrected chi connectivity index (χ1v) is 6.72. The van der Waals surface area contributed by atoms with Crippen LogP contribution in [-0.4, -0.2) is 33.7 Å². The van der Waals surface area contributed by atoms with Crippen LogP contribution in [-0.2, 0) is 4.79 Å². The Morgan fingerprint density at radius 3 is 2.68 bits per heavy atom. The highest BCUT2D eigenvalue weighted by Crippen LogP contribution is 2.20. The first-order chi connectivity index (χ1) is 8.86. The van der Waals surface area contributed by atoms with Gasteiger partial charge in [-0.05, 0) is 56.8 Å². The summed E-state index contributed by atoms with van der Waals surface area (Å²) in [5, 5.41) is 13.1. The SMILES string of the molecule is CCN(C(=S)Nc1ccc(Cl)cc1C)C(C)C(=O)O. The topological polar surface area (TPSA) is 52.6 Å². The van der Waals surface area contributed by atoms with Crippen molar-refractivity contribution in [3.63, 3.8) is 0 Å². The van der Waals surface area contributed by atoms with Crippen LogP contribution in [0.2, 0.25) is 5.02 Å². The van der Waals surface area contributed by atoms with Crippen LogP contribution in [0.3, 0.4) is 0 Å². The number of carboxylic acids is 1. The van der Waals surface area contributed by atoms with Crippen molar-refractivity contribution in [2.75, 3.05) is 11.9 Å². The molecule has 0 bridgehead atoms. The highest BCUT2D eigenvalue weighted by atomic mass is 35.5. The normalized spacial score (nSPS) is 11.8. The molecule has 19 heavy (non-hydrogen) atoms. The van der Waals surface area contributed by atoms with E-state index in [-0.39, 0.29) is 0 Å². The summed E-state index contributed by atoms with van der Waals surface area (Å²) in [6.07, 6.45) is 0. The van der Waals surface area contributed by atoms with E-state index in [9.17, 15) is 4.79 Å². The van der Waals surface area contributed by atoms with Crippen LogP contribution >= 0.6 is 23.8 Å². The van der Waals surface area contributed by atoms with Crippen LogP contribution in [0.15, 0.2) is 18.2 Å². The lowest BCUT2D eigenvalue weighted by atomic mass is 10.2. The Labute approximate surface area is 123 Å². The van der Waals surface area contributed by atoms with Gasteiger partial charge in [0.05, 0.1) is 0 Å². The third-order valence-corrected chi connectivity index (χ3v) is 3.43. The Bertz CT molecular complexity index is 494. The number of carboxylic acid groups (broad SMARTS) is 1. The molecule has 104 valence electrons. The number of benzene rings is 1. The minimum absolute atomic E-state index is 0.392. The van der Waals surface area contributed by atoms with Crippen molar-refractivity contribution in [3.05, 3.63) is 28.8 Å². The number of halogens is 1. The highest BCUT2D eigenvalue weighted by molar-refractivity contribution is 7.80. The number of hydrogen-bond donors (Lipinski definition) is 2. The summed E-state index contributed by atoms with van der Waals surface area (Å²) < 4.78 is 0. The molecule has 1 unspecified atom stereocenters. The number of carbonyl (C=O) groups is 1. The maximum Gasteiger partial charge on any atom is 0.326 e. The van der Waals surface area contributed by atoms with E-state index >= 15 is 0 Å². The highest BCUT2D eigenvalue weighted by Gasteiger charge is 2.21. The van der Waals surface area contributed by atoms with Gasteiger partial charge < -0.3 is 15.3 Å². The predicted molar refractivity (Wildman–Crippen MR) is 81.9 cm³/mol. The molecule has 0 spiro atoms. The van der Waals surface area contributed by atoms with Gasteiger partial charge in [-0.1, -0.05) is 11.6 Å². The van der Waals surface area contributed by atoms with Gasteiger partial charge in [0.15, 0.2) is 5.11 Å². The third-order valence-electron chi connectivity index (χ3n) is 2.86. The van der Waals surface area contributed by atoms with Gasteiger partial charge in [0.25, 0.3) is 0 Å². The first kappa shape index (κ1) is 15.7. The fraction of sp³-hybridized carbons (Fsp3) is 0.385. The van der Waals surface area contributed by atoms with E-state index < -0.39 is 12.0 Å². The fourth-order valence-electron chi connectivity index (χ4n) is 1.68. The van der Waals surface area contributed by atoms with Gasteiger partial charge in [0.1, 0.15) is 6.04 Å². The average Bonchev–Trinajstić information content (AvgIpc) is 2.33. The van der Waals surface area contributed by atoms with Crippen molar-refractivity contribution < 1.29 is 9.90 Å². The van der Waals surface area contributed by atoms with Gasteiger partial charge in [0.2, 0.25) is 0 Å². The molecule has 0 radical (unpaired) electrons. The van der Waals surface area contributed by atoms with E-state index in [1.54, 1.807) is 17.9 Å². The summed E-state index contributed by atoms with van der Waals surface area (Å²) >= 11 is 11.1. The van der Waals surface area contributed by atoms with Crippen LogP contribution in [0.4, 0.5) is 5.69 Å². The molecule has 0 aliphatic carbocycles. The fourth-order valence-corrected chi connectivity index (χ4v) is 2.30. The molecule has 0 fully saturated rings. The van der Waals surface area contributed by atoms with Gasteiger partial charge >= 0.3 is 5.97 Å². The van der Waals surface area contributed by atoms with E-state index in [1.807, 2.05) is 26.0 Å². The van der Waals surface area contributed by atoms with Gasteiger partial charge in [-0.15, -0.1) is 0 Å². The summed E-state index contributed by atoms with van der Waals surface area (Å²) in [6, 6.07) is 4.74. The zero-order chi connectivity index (χ0) is 14.6. The van der Waals surface area contributed by atoms with Crippen LogP contribution in [0.1, 0.15) is 19.4 Å². The maximum absolute atomic E-state index is 11.0. The second kappa shape index (κ2) is 6.73. The van der Waals surface area contributed by atoms with Crippen LogP contribution in [0.5, 0.6) is 0 Å². The van der Waals surface area contributed by atoms with Crippen LogP contribution in [0.25, 0.3) is 0 Å². The molecule has 1 aromatic carbocycles. The third kappa shape index (κ3) is 4.08. The molecule has 0 saturated carbocycles. The zero-order valence-electron chi connectivity index (χ0n) is 11.1. The molecule has 6 heteroatoms. The van der Waals surface area contributed by atoms with Crippen LogP contribution in [0, 0.1) is 6.92 Å². The summed E-state index contributed by atoms with van der Waals surface area (Å²) in [4.78, 5) is 12.6. The molecule has 0 aromatic heterocycles. The number of rotatable bonds is 4. The summed E-state index contributed by atoms with van der Waals surface area (Å²) in [5.74, 6) is -0.904. The summed E-state index contributed by atoms with van der Waals surface area (Å²) in [5.41, 5.74) is 1.78. The molecule has 1 rings (SSSR count). The largest absolute Gasteiger partial charge is 0.480 e. The molecular weight excluding hydrogens is 284 g/mol. The quantitative estimate of drug-likeness (QED) is 0.837. The van der Waals surface area contributed by atoms with Gasteiger partial charge in [-0.3, -0.25) is 0 Å². The molecule has 0 aliphatic heterocycles. The zero-order valence-corrected chi connectivity index (χ0v) is 12.7. The predicted octanol–water partition coefficient (Wildman–Crippen LogP) is 3.14. The molecule has 0 amide bonds. The standard InChI is InChI=1S/C13H17ClN2O2S/c1-4-16(9(3)12(17)18)13(19)15-11-6-5-10(14)7-8(11)2/h5-7,9H,4H2,1-3H3,(H,15,19)(H,17,18). The summed E-state index contributed by atoms with van der Waals surface area (Å²) in [7, 11) is 0. The lowest BCUT2D eigenvalue weighted by molar-refractivity contribution is -0.141. The van der Waals surface area contributed by atoms with E-state index in [1.165, 1.54) is 0 Å². The maximum atomic E-state index is 11.0. The van der Waals surface area contributed by atoms with Crippen molar-refractivity contribution in [1.29, 1.82) is 0 Å². The molecule has 1 aromatic rings. The van der Waals surface area contributed by atoms with E-state index in [4.69, 9.17) is 28.9 Å². The Hall–Kier alpha value is -1.33. The molecular formula is C13H17ClN2O2S. The molecule has 4 nitrogen and oxygen atoms in total. The lowest BCUT2D eigenvalue weighted by Gasteiger charge is -2.28. The number of aliphatic carboxylic acids is 1. The van der Waals surface area contributed by atoms with Crippen LogP contribution < -0.4 is 5.32 Å². The number of nitrogens with one attached hydrogen (secondary N) is 1. The Morgan fingerprint density at radius 2 is 2.21 bits per heavy atom. The van der Waals surface area contributed by atoms with E-state index in [2.05, 4.69) is 5.32 Å². The van der Waals surface area contributed by atoms with E-state index in [0.29, 0.717) is 16.7 Å². The van der Waals surface area contributed by atoms with Crippen molar-refractivity contribution >= 4 is 40.6 Å². The van der Waals surface area contributed by atoms with Crippen molar-refractivity contribution in [1.82, 2.24) is 4.90 Å². The second-order valence-corrected chi connectivity index (χ2v) is 5.01. The Kier molecular flexibility index (Phi) is 5.57. The molecule has 0 aliphatic rings. The molecule has 2 N–H and O–H groups in total. The number of hydrogen-bond acceptors (Lipinski definition) is 2. The van der Waals surface area contributed by atoms with Gasteiger partial charge in [-0.2, -0.15) is 0 Å². The van der Waals surface area contributed by atoms with Crippen molar-refractivity contribution in [2.24, 2.45) is 0 Å². The first-order valence-electron chi connectivity index (χ1n) is 5.93. The average molecular weight is 301 g/mol. The number of anilines is 1. The Balaban J connectivity index is 2.85. The summed E-state index contributed by atoms with van der Waals surface area (Å²) in [6.45, 7) is 5.90. The smallest absolute Gasteiger partial charge is 0.326 e. The van der Waals surface area contributed by atoms with Gasteiger partial charge in [0, 0.05) is 17.3 Å². The van der Waals surface area contributed by atoms with Crippen molar-refractivity contribution in [2.45, 2.75) is 26.8 Å². The minimum Gasteiger partial charge on any atom is -0.480 e. The number of aryl methyl sites for hydroxylation is 1. The number of nitrogens with zero attached hydrogens (tertiary/aromatic N) is 1. The van der Waals surface area contributed by atoms with Gasteiger partial charge in [-0.25, -0.2) is 4.79 Å². The van der Waals surface area contributed by atoms with Crippen molar-refractivity contribution in [3.8, 4) is 0 Å². The molecule has 0 saturated heterocycles.